The zero-order valence-electron chi connectivity index (χ0n) is 21.8. The molecule has 1 atom stereocenters. The Hall–Kier alpha value is -3.68. The van der Waals surface area contributed by atoms with Crippen LogP contribution in [0.3, 0.4) is 0 Å². The minimum absolute atomic E-state index is 0.116. The number of hydrogen-bond acceptors (Lipinski definition) is 5. The number of aliphatic hydroxyl groups excluding tert-OH is 1. The van der Waals surface area contributed by atoms with Crippen LogP contribution in [0, 0.1) is 5.82 Å². The topological polar surface area (TPSA) is 59.8 Å². The van der Waals surface area contributed by atoms with E-state index >= 15 is 0 Å². The summed E-state index contributed by atoms with van der Waals surface area (Å²) in [6.45, 7) is 5.37. The molecular formula is C31H34FN3O3. The lowest BCUT2D eigenvalue weighted by Crippen LogP contribution is -2.37. The van der Waals surface area contributed by atoms with Crippen LogP contribution in [-0.4, -0.2) is 45.1 Å². The van der Waals surface area contributed by atoms with Gasteiger partial charge in [0.15, 0.2) is 11.6 Å². The number of aliphatic hydroxyl groups is 1. The zero-order valence-corrected chi connectivity index (χ0v) is 21.8. The summed E-state index contributed by atoms with van der Waals surface area (Å²) >= 11 is 0. The summed E-state index contributed by atoms with van der Waals surface area (Å²) in [6, 6.07) is 26.0. The Morgan fingerprint density at radius 3 is 2.29 bits per heavy atom. The predicted octanol–water partition coefficient (Wildman–Crippen LogP) is 6.33. The van der Waals surface area contributed by atoms with E-state index in [0.717, 1.165) is 35.5 Å². The highest BCUT2D eigenvalue weighted by molar-refractivity contribution is 5.44. The van der Waals surface area contributed by atoms with Crippen LogP contribution < -0.4 is 9.47 Å². The zero-order chi connectivity index (χ0) is 26.5. The average molecular weight is 516 g/mol. The van der Waals surface area contributed by atoms with Crippen molar-refractivity contribution in [1.29, 1.82) is 0 Å². The van der Waals surface area contributed by atoms with E-state index in [2.05, 4.69) is 18.7 Å². The van der Waals surface area contributed by atoms with Gasteiger partial charge in [0.25, 0.3) is 0 Å². The number of rotatable bonds is 12. The molecule has 1 N–H and O–H groups in total. The van der Waals surface area contributed by atoms with E-state index < -0.39 is 11.9 Å². The molecule has 0 spiro atoms. The minimum atomic E-state index is -0.668. The van der Waals surface area contributed by atoms with Gasteiger partial charge in [-0.1, -0.05) is 62.4 Å². The number of para-hydroxylation sites is 3. The third-order valence-electron chi connectivity index (χ3n) is 6.61. The van der Waals surface area contributed by atoms with Crippen molar-refractivity contribution in [2.75, 3.05) is 13.2 Å². The fourth-order valence-corrected chi connectivity index (χ4v) is 4.56. The Morgan fingerprint density at radius 1 is 0.974 bits per heavy atom. The second-order valence-corrected chi connectivity index (χ2v) is 10.0. The number of halogens is 1. The third kappa shape index (κ3) is 6.23. The highest BCUT2D eigenvalue weighted by Crippen LogP contribution is 2.38. The maximum absolute atomic E-state index is 14.7. The van der Waals surface area contributed by atoms with E-state index in [4.69, 9.17) is 14.6 Å². The molecule has 1 fully saturated rings. The first-order valence-corrected chi connectivity index (χ1v) is 13.2. The largest absolute Gasteiger partial charge is 0.491 e. The fraction of sp³-hybridized carbons (Fsp3) is 0.323. The third-order valence-corrected chi connectivity index (χ3v) is 6.61. The van der Waals surface area contributed by atoms with Crippen molar-refractivity contribution in [3.8, 4) is 23.1 Å². The van der Waals surface area contributed by atoms with E-state index in [1.54, 1.807) is 22.9 Å². The normalized spacial score (nSPS) is 14.2. The van der Waals surface area contributed by atoms with E-state index in [-0.39, 0.29) is 18.3 Å². The Labute approximate surface area is 223 Å². The number of aromatic nitrogens is 2. The van der Waals surface area contributed by atoms with Gasteiger partial charge in [0.1, 0.15) is 18.5 Å². The fourth-order valence-electron chi connectivity index (χ4n) is 4.56. The van der Waals surface area contributed by atoms with Crippen LogP contribution in [0.15, 0.2) is 84.9 Å². The molecule has 5 rings (SSSR count). The molecule has 0 aliphatic heterocycles. The molecule has 3 aromatic carbocycles. The van der Waals surface area contributed by atoms with Gasteiger partial charge < -0.3 is 14.6 Å². The van der Waals surface area contributed by atoms with E-state index in [9.17, 15) is 9.50 Å². The summed E-state index contributed by atoms with van der Waals surface area (Å²) in [7, 11) is 0. The smallest absolute Gasteiger partial charge is 0.227 e. The van der Waals surface area contributed by atoms with Crippen molar-refractivity contribution < 1.29 is 19.0 Å². The number of nitrogens with zero attached hydrogens (tertiary/aromatic N) is 3. The molecule has 198 valence electrons. The van der Waals surface area contributed by atoms with Crippen LogP contribution in [0.1, 0.15) is 43.9 Å². The predicted molar refractivity (Wildman–Crippen MR) is 146 cm³/mol. The van der Waals surface area contributed by atoms with Gasteiger partial charge in [-0.25, -0.2) is 9.07 Å². The molecule has 0 amide bonds. The van der Waals surface area contributed by atoms with E-state index in [1.165, 1.54) is 6.07 Å². The molecule has 4 aromatic rings. The standard InChI is InChI=1S/C31H34FN3O3/c1-22(2)30-27(20-34(23-17-18-23)19-25(36)21-37-26-13-7-4-8-14-26)31(38-29-16-10-9-15-28(29)32)35(33-30)24-11-5-3-6-12-24/h3-16,22-23,25,36H,17-21H2,1-2H3/t25-/m1/s1. The molecule has 1 aromatic heterocycles. The molecule has 6 nitrogen and oxygen atoms in total. The van der Waals surface area contributed by atoms with Gasteiger partial charge in [0.05, 0.1) is 16.9 Å². The maximum atomic E-state index is 14.7. The van der Waals surface area contributed by atoms with E-state index in [0.29, 0.717) is 25.0 Å². The van der Waals surface area contributed by atoms with Crippen LogP contribution in [0.4, 0.5) is 4.39 Å². The van der Waals surface area contributed by atoms with Crippen molar-refractivity contribution in [1.82, 2.24) is 14.7 Å². The van der Waals surface area contributed by atoms with Crippen LogP contribution >= 0.6 is 0 Å². The van der Waals surface area contributed by atoms with Crippen LogP contribution in [-0.2, 0) is 6.54 Å². The molecular weight excluding hydrogens is 481 g/mol. The molecule has 1 heterocycles. The summed E-state index contributed by atoms with van der Waals surface area (Å²) in [6.07, 6.45) is 1.47. The van der Waals surface area contributed by atoms with Crippen molar-refractivity contribution in [2.45, 2.75) is 51.3 Å². The first-order valence-electron chi connectivity index (χ1n) is 13.2. The van der Waals surface area contributed by atoms with E-state index in [1.807, 2.05) is 60.7 Å². The van der Waals surface area contributed by atoms with Crippen LogP contribution in [0.25, 0.3) is 5.69 Å². The summed E-state index contributed by atoms with van der Waals surface area (Å²) in [5.74, 6) is 1.06. The molecule has 38 heavy (non-hydrogen) atoms. The summed E-state index contributed by atoms with van der Waals surface area (Å²) < 4.78 is 28.5. The molecule has 1 aliphatic rings. The lowest BCUT2D eigenvalue weighted by atomic mass is 10.1. The number of hydrogen-bond donors (Lipinski definition) is 1. The monoisotopic (exact) mass is 515 g/mol. The van der Waals surface area contributed by atoms with Gasteiger partial charge >= 0.3 is 0 Å². The molecule has 1 aliphatic carbocycles. The van der Waals surface area contributed by atoms with Crippen molar-refractivity contribution in [3.63, 3.8) is 0 Å². The van der Waals surface area contributed by atoms with Gasteiger partial charge in [0, 0.05) is 19.1 Å². The molecule has 0 radical (unpaired) electrons. The molecule has 0 bridgehead atoms. The lowest BCUT2D eigenvalue weighted by molar-refractivity contribution is 0.0623. The van der Waals surface area contributed by atoms with Crippen molar-refractivity contribution in [2.24, 2.45) is 0 Å². The summed E-state index contributed by atoms with van der Waals surface area (Å²) in [5, 5.41) is 15.8. The first kappa shape index (κ1) is 25.9. The highest BCUT2D eigenvalue weighted by Gasteiger charge is 2.34. The van der Waals surface area contributed by atoms with Crippen molar-refractivity contribution >= 4 is 0 Å². The Bertz CT molecular complexity index is 1320. The second-order valence-electron chi connectivity index (χ2n) is 10.0. The van der Waals surface area contributed by atoms with Crippen molar-refractivity contribution in [3.05, 3.63) is 102 Å². The summed E-state index contributed by atoms with van der Waals surface area (Å²) in [4.78, 5) is 2.27. The average Bonchev–Trinajstić information content (AvgIpc) is 3.72. The Morgan fingerprint density at radius 2 is 1.63 bits per heavy atom. The van der Waals surface area contributed by atoms with Crippen LogP contribution in [0.2, 0.25) is 0 Å². The molecule has 0 unspecified atom stereocenters. The SMILES string of the molecule is CC(C)c1nn(-c2ccccc2)c(Oc2ccccc2F)c1CN(C[C@@H](O)COc1ccccc1)C1CC1. The van der Waals surface area contributed by atoms with Crippen LogP contribution in [0.5, 0.6) is 17.4 Å². The van der Waals surface area contributed by atoms with Gasteiger partial charge in [-0.2, -0.15) is 5.10 Å². The lowest BCUT2D eigenvalue weighted by Gasteiger charge is -2.26. The van der Waals surface area contributed by atoms with Gasteiger partial charge in [0.2, 0.25) is 5.88 Å². The Balaban J connectivity index is 1.45. The molecule has 1 saturated carbocycles. The Kier molecular flexibility index (Phi) is 8.05. The minimum Gasteiger partial charge on any atom is -0.491 e. The van der Waals surface area contributed by atoms with Gasteiger partial charge in [-0.3, -0.25) is 4.90 Å². The number of ether oxygens (including phenoxy) is 2. The molecule has 0 saturated heterocycles. The quantitative estimate of drug-likeness (QED) is 0.239. The maximum Gasteiger partial charge on any atom is 0.227 e. The summed E-state index contributed by atoms with van der Waals surface area (Å²) in [5.41, 5.74) is 2.62. The first-order chi connectivity index (χ1) is 18.5. The highest BCUT2D eigenvalue weighted by atomic mass is 19.1. The number of benzene rings is 3. The van der Waals surface area contributed by atoms with Gasteiger partial charge in [-0.05, 0) is 55.2 Å². The van der Waals surface area contributed by atoms with Gasteiger partial charge in [-0.15, -0.1) is 0 Å². The second kappa shape index (κ2) is 11.8. The molecule has 7 heteroatoms.